The number of hydrogen-bond donors (Lipinski definition) is 2. The molecule has 0 aromatic heterocycles. The summed E-state index contributed by atoms with van der Waals surface area (Å²) in [4.78, 5) is 12.1. The first-order chi connectivity index (χ1) is 8.37. The fourth-order valence-electron chi connectivity index (χ4n) is 1.57. The minimum Gasteiger partial charge on any atom is -0.355 e. The van der Waals surface area contributed by atoms with Crippen LogP contribution in [-0.4, -0.2) is 19.0 Å². The fourth-order valence-corrected chi connectivity index (χ4v) is 1.57. The summed E-state index contributed by atoms with van der Waals surface area (Å²) < 4.78 is 12.9. The van der Waals surface area contributed by atoms with Gasteiger partial charge in [-0.2, -0.15) is 0 Å². The van der Waals surface area contributed by atoms with Gasteiger partial charge in [-0.15, -0.1) is 12.4 Å². The maximum Gasteiger partial charge on any atom is 0.230 e. The van der Waals surface area contributed by atoms with E-state index < -0.39 is 5.41 Å². The smallest absolute Gasteiger partial charge is 0.230 e. The first-order valence-electron chi connectivity index (χ1n) is 6.12. The lowest BCUT2D eigenvalue weighted by atomic mass is 9.83. The molecule has 1 atom stereocenters. The van der Waals surface area contributed by atoms with E-state index in [1.54, 1.807) is 12.1 Å². The number of carbonyl (C=O) groups is 1. The van der Waals surface area contributed by atoms with Gasteiger partial charge in [-0.25, -0.2) is 4.39 Å². The van der Waals surface area contributed by atoms with Crippen molar-refractivity contribution in [3.8, 4) is 0 Å². The highest BCUT2D eigenvalue weighted by Crippen LogP contribution is 2.23. The van der Waals surface area contributed by atoms with Gasteiger partial charge in [-0.1, -0.05) is 19.1 Å². The minimum atomic E-state index is -0.679. The van der Waals surface area contributed by atoms with Crippen molar-refractivity contribution < 1.29 is 9.18 Å². The maximum atomic E-state index is 12.9. The Balaban J connectivity index is 0.00000324. The zero-order chi connectivity index (χ0) is 13.8. The van der Waals surface area contributed by atoms with Gasteiger partial charge in [0.05, 0.1) is 5.41 Å². The van der Waals surface area contributed by atoms with Gasteiger partial charge < -0.3 is 11.1 Å². The van der Waals surface area contributed by atoms with Crippen LogP contribution in [0, 0.1) is 11.7 Å². The molecule has 3 nitrogen and oxygen atoms in total. The molecular weight excluding hydrogens is 267 g/mol. The van der Waals surface area contributed by atoms with Gasteiger partial charge >= 0.3 is 0 Å². The molecule has 1 aromatic rings. The number of nitrogens with two attached hydrogens (primary N) is 1. The third-order valence-corrected chi connectivity index (χ3v) is 3.15. The Hall–Kier alpha value is -1.13. The first kappa shape index (κ1) is 17.9. The summed E-state index contributed by atoms with van der Waals surface area (Å²) in [5, 5.41) is 2.87. The van der Waals surface area contributed by atoms with Crippen LogP contribution in [0.5, 0.6) is 0 Å². The molecule has 108 valence electrons. The topological polar surface area (TPSA) is 55.1 Å². The van der Waals surface area contributed by atoms with E-state index in [0.717, 1.165) is 5.56 Å². The van der Waals surface area contributed by atoms with Crippen LogP contribution < -0.4 is 11.1 Å². The number of rotatable bonds is 5. The molecule has 0 aliphatic rings. The number of nitrogens with one attached hydrogen (secondary N) is 1. The van der Waals surface area contributed by atoms with Crippen molar-refractivity contribution in [1.29, 1.82) is 0 Å². The summed E-state index contributed by atoms with van der Waals surface area (Å²) in [6.07, 6.45) is 0. The maximum absolute atomic E-state index is 12.9. The van der Waals surface area contributed by atoms with Crippen molar-refractivity contribution in [2.75, 3.05) is 13.1 Å². The molecule has 0 bridgehead atoms. The van der Waals surface area contributed by atoms with Crippen molar-refractivity contribution >= 4 is 18.3 Å². The minimum absolute atomic E-state index is 0. The molecule has 19 heavy (non-hydrogen) atoms. The van der Waals surface area contributed by atoms with Crippen LogP contribution in [-0.2, 0) is 10.2 Å². The van der Waals surface area contributed by atoms with E-state index in [2.05, 4.69) is 5.32 Å². The quantitative estimate of drug-likeness (QED) is 0.873. The molecule has 0 saturated heterocycles. The predicted molar refractivity (Wildman–Crippen MR) is 77.9 cm³/mol. The summed E-state index contributed by atoms with van der Waals surface area (Å²) in [6.45, 7) is 6.72. The van der Waals surface area contributed by atoms with Gasteiger partial charge in [-0.3, -0.25) is 4.79 Å². The molecule has 3 N–H and O–H groups in total. The van der Waals surface area contributed by atoms with E-state index in [-0.39, 0.29) is 30.0 Å². The second kappa shape index (κ2) is 7.46. The first-order valence-corrected chi connectivity index (χ1v) is 6.12. The molecule has 0 spiro atoms. The molecule has 1 unspecified atom stereocenters. The van der Waals surface area contributed by atoms with Crippen molar-refractivity contribution in [1.82, 2.24) is 5.32 Å². The number of amides is 1. The Morgan fingerprint density at radius 2 is 1.89 bits per heavy atom. The molecule has 1 amide bonds. The summed E-state index contributed by atoms with van der Waals surface area (Å²) in [7, 11) is 0. The Morgan fingerprint density at radius 1 is 1.37 bits per heavy atom. The van der Waals surface area contributed by atoms with E-state index in [4.69, 9.17) is 5.73 Å². The Labute approximate surface area is 120 Å². The molecule has 0 aliphatic heterocycles. The normalized spacial score (nSPS) is 12.5. The average molecular weight is 289 g/mol. The van der Waals surface area contributed by atoms with Crippen molar-refractivity contribution in [3.05, 3.63) is 35.6 Å². The van der Waals surface area contributed by atoms with Crippen LogP contribution in [0.3, 0.4) is 0 Å². The van der Waals surface area contributed by atoms with Crippen molar-refractivity contribution in [3.63, 3.8) is 0 Å². The predicted octanol–water partition coefficient (Wildman–Crippen LogP) is 2.24. The summed E-state index contributed by atoms with van der Waals surface area (Å²) >= 11 is 0. The van der Waals surface area contributed by atoms with Gasteiger partial charge in [0, 0.05) is 6.54 Å². The fraction of sp³-hybridized carbons (Fsp3) is 0.500. The Morgan fingerprint density at radius 3 is 2.37 bits per heavy atom. The number of hydrogen-bond acceptors (Lipinski definition) is 2. The molecule has 0 saturated carbocycles. The lowest BCUT2D eigenvalue weighted by Crippen LogP contribution is -2.42. The van der Waals surface area contributed by atoms with Crippen LogP contribution in [0.2, 0.25) is 0 Å². The molecule has 1 aromatic carbocycles. The molecule has 0 fully saturated rings. The lowest BCUT2D eigenvalue weighted by Gasteiger charge is -2.25. The standard InChI is InChI=1S/C14H21FN2O.ClH/c1-10(8-16)9-17-13(18)14(2,3)11-4-6-12(15)7-5-11;/h4-7,10H,8-9,16H2,1-3H3,(H,17,18);1H. The van der Waals surface area contributed by atoms with Crippen LogP contribution in [0.4, 0.5) is 4.39 Å². The second-order valence-electron chi connectivity index (χ2n) is 5.18. The zero-order valence-corrected chi connectivity index (χ0v) is 12.4. The largest absolute Gasteiger partial charge is 0.355 e. The molecule has 5 heteroatoms. The van der Waals surface area contributed by atoms with E-state index in [9.17, 15) is 9.18 Å². The Kier molecular flexibility index (Phi) is 7.01. The monoisotopic (exact) mass is 288 g/mol. The van der Waals surface area contributed by atoms with Crippen molar-refractivity contribution in [2.24, 2.45) is 11.7 Å². The van der Waals surface area contributed by atoms with E-state index in [0.29, 0.717) is 13.1 Å². The highest BCUT2D eigenvalue weighted by molar-refractivity contribution is 5.87. The number of halogens is 2. The van der Waals surface area contributed by atoms with Crippen LogP contribution in [0.15, 0.2) is 24.3 Å². The Bertz CT molecular complexity index is 406. The summed E-state index contributed by atoms with van der Waals surface area (Å²) in [5.41, 5.74) is 5.62. The zero-order valence-electron chi connectivity index (χ0n) is 11.6. The molecule has 1 rings (SSSR count). The number of carbonyl (C=O) groups excluding carboxylic acids is 1. The lowest BCUT2D eigenvalue weighted by molar-refractivity contribution is -0.125. The van der Waals surface area contributed by atoms with Gasteiger partial charge in [0.25, 0.3) is 0 Å². The average Bonchev–Trinajstić information content (AvgIpc) is 2.35. The molecule has 0 aliphatic carbocycles. The van der Waals surface area contributed by atoms with E-state index in [1.165, 1.54) is 12.1 Å². The summed E-state index contributed by atoms with van der Waals surface area (Å²) in [6, 6.07) is 6.02. The number of benzene rings is 1. The highest BCUT2D eigenvalue weighted by Gasteiger charge is 2.29. The SMILES string of the molecule is CC(CN)CNC(=O)C(C)(C)c1ccc(F)cc1.Cl. The third kappa shape index (κ3) is 4.80. The van der Waals surface area contributed by atoms with Gasteiger partial charge in [0.15, 0.2) is 0 Å². The van der Waals surface area contributed by atoms with Crippen LogP contribution in [0.25, 0.3) is 0 Å². The van der Waals surface area contributed by atoms with Gasteiger partial charge in [-0.05, 0) is 44.0 Å². The molecule has 0 radical (unpaired) electrons. The van der Waals surface area contributed by atoms with E-state index >= 15 is 0 Å². The third-order valence-electron chi connectivity index (χ3n) is 3.15. The van der Waals surface area contributed by atoms with Gasteiger partial charge in [0.2, 0.25) is 5.91 Å². The van der Waals surface area contributed by atoms with Crippen LogP contribution in [0.1, 0.15) is 26.3 Å². The van der Waals surface area contributed by atoms with Gasteiger partial charge in [0.1, 0.15) is 5.82 Å². The molecule has 0 heterocycles. The van der Waals surface area contributed by atoms with Crippen LogP contribution >= 0.6 is 12.4 Å². The second-order valence-corrected chi connectivity index (χ2v) is 5.18. The van der Waals surface area contributed by atoms with Crippen molar-refractivity contribution in [2.45, 2.75) is 26.2 Å². The summed E-state index contributed by atoms with van der Waals surface area (Å²) in [5.74, 6) is -0.126. The molecular formula is C14H22ClFN2O. The van der Waals surface area contributed by atoms with E-state index in [1.807, 2.05) is 20.8 Å². The highest BCUT2D eigenvalue weighted by atomic mass is 35.5.